The van der Waals surface area contributed by atoms with Crippen LogP contribution < -0.4 is 10.0 Å². The molecule has 0 radical (unpaired) electrons. The van der Waals surface area contributed by atoms with E-state index in [0.29, 0.717) is 12.8 Å². The minimum atomic E-state index is -3.50. The maximum Gasteiger partial charge on any atom is 0.236 e. The fraction of sp³-hybridized carbons (Fsp3) is 0.889. The summed E-state index contributed by atoms with van der Waals surface area (Å²) in [5.74, 6) is -0.000369. The van der Waals surface area contributed by atoms with Crippen LogP contribution in [0.25, 0.3) is 0 Å². The van der Waals surface area contributed by atoms with Crippen LogP contribution in [-0.4, -0.2) is 32.0 Å². The summed E-state index contributed by atoms with van der Waals surface area (Å²) in [6.07, 6.45) is 10.0. The van der Waals surface area contributed by atoms with Crippen LogP contribution in [0, 0.1) is 17.8 Å². The summed E-state index contributed by atoms with van der Waals surface area (Å²) < 4.78 is 26.4. The molecule has 0 saturated heterocycles. The summed E-state index contributed by atoms with van der Waals surface area (Å²) in [5, 5.41) is 3.12. The lowest BCUT2D eigenvalue weighted by Gasteiger charge is -2.29. The molecule has 0 aromatic carbocycles. The Labute approximate surface area is 150 Å². The lowest BCUT2D eigenvalue weighted by atomic mass is 9.85. The highest BCUT2D eigenvalue weighted by atomic mass is 32.2. The van der Waals surface area contributed by atoms with E-state index >= 15 is 0 Å². The molecule has 7 heteroatoms. The monoisotopic (exact) mass is 370 g/mol. The third-order valence-electron chi connectivity index (χ3n) is 6.11. The molecule has 0 aromatic rings. The summed E-state index contributed by atoms with van der Waals surface area (Å²) >= 11 is 0. The van der Waals surface area contributed by atoms with Crippen LogP contribution in [-0.2, 0) is 19.6 Å². The molecule has 25 heavy (non-hydrogen) atoms. The SMILES string of the molecule is O=C(NC1CCC(C(=O)NS(=O)(=O)CC2CCC2)CC1)C1CCCC1. The molecular weight excluding hydrogens is 340 g/mol. The molecule has 3 fully saturated rings. The average molecular weight is 371 g/mol. The third kappa shape index (κ3) is 5.19. The largest absolute Gasteiger partial charge is 0.353 e. The second kappa shape index (κ2) is 8.06. The first-order valence-electron chi connectivity index (χ1n) is 9.77. The van der Waals surface area contributed by atoms with Crippen molar-refractivity contribution in [3.8, 4) is 0 Å². The molecule has 3 aliphatic carbocycles. The second-order valence-corrected chi connectivity index (χ2v) is 9.85. The molecule has 0 heterocycles. The Morgan fingerprint density at radius 2 is 1.36 bits per heavy atom. The first-order chi connectivity index (χ1) is 11.9. The van der Waals surface area contributed by atoms with Crippen LogP contribution in [0.2, 0.25) is 0 Å². The van der Waals surface area contributed by atoms with E-state index in [4.69, 9.17) is 0 Å². The maximum atomic E-state index is 12.3. The molecule has 2 N–H and O–H groups in total. The number of sulfonamides is 1. The van der Waals surface area contributed by atoms with Gasteiger partial charge in [-0.15, -0.1) is 0 Å². The van der Waals surface area contributed by atoms with Gasteiger partial charge < -0.3 is 5.32 Å². The number of carbonyl (C=O) groups excluding carboxylic acids is 2. The van der Waals surface area contributed by atoms with Gasteiger partial charge in [-0.25, -0.2) is 8.42 Å². The van der Waals surface area contributed by atoms with Gasteiger partial charge in [-0.2, -0.15) is 0 Å². The van der Waals surface area contributed by atoms with Gasteiger partial charge in [0.05, 0.1) is 5.75 Å². The summed E-state index contributed by atoms with van der Waals surface area (Å²) in [4.78, 5) is 24.4. The predicted molar refractivity (Wildman–Crippen MR) is 95.1 cm³/mol. The van der Waals surface area contributed by atoms with Crippen molar-refractivity contribution in [1.29, 1.82) is 0 Å². The Balaban J connectivity index is 1.40. The number of hydrogen-bond donors (Lipinski definition) is 2. The zero-order valence-electron chi connectivity index (χ0n) is 14.8. The minimum Gasteiger partial charge on any atom is -0.353 e. The molecule has 0 aromatic heterocycles. The normalized spacial score (nSPS) is 28.3. The highest BCUT2D eigenvalue weighted by Crippen LogP contribution is 2.29. The van der Waals surface area contributed by atoms with Crippen LogP contribution in [0.1, 0.15) is 70.6 Å². The van der Waals surface area contributed by atoms with E-state index in [1.54, 1.807) is 0 Å². The molecule has 0 spiro atoms. The number of amides is 2. The first-order valence-corrected chi connectivity index (χ1v) is 11.4. The van der Waals surface area contributed by atoms with Crippen molar-refractivity contribution in [2.24, 2.45) is 17.8 Å². The predicted octanol–water partition coefficient (Wildman–Crippen LogP) is 2.10. The summed E-state index contributed by atoms with van der Waals surface area (Å²) in [6, 6.07) is 0.128. The van der Waals surface area contributed by atoms with Crippen LogP contribution in [0.15, 0.2) is 0 Å². The molecule has 3 aliphatic rings. The smallest absolute Gasteiger partial charge is 0.236 e. The molecule has 142 valence electrons. The number of nitrogens with one attached hydrogen (secondary N) is 2. The van der Waals surface area contributed by atoms with E-state index in [2.05, 4.69) is 10.0 Å². The average Bonchev–Trinajstić information content (AvgIpc) is 3.06. The van der Waals surface area contributed by atoms with Crippen LogP contribution in [0.5, 0.6) is 0 Å². The van der Waals surface area contributed by atoms with E-state index in [0.717, 1.165) is 57.8 Å². The van der Waals surface area contributed by atoms with Crippen LogP contribution in [0.4, 0.5) is 0 Å². The summed E-state index contributed by atoms with van der Waals surface area (Å²) in [7, 11) is -3.50. The summed E-state index contributed by atoms with van der Waals surface area (Å²) in [6.45, 7) is 0. The first kappa shape index (κ1) is 18.7. The lowest BCUT2D eigenvalue weighted by Crippen LogP contribution is -2.44. The standard InChI is InChI=1S/C18H30N2O4S/c21-17(14-6-1-2-7-14)19-16-10-8-15(9-11-16)18(22)20-25(23,24)12-13-4-3-5-13/h13-16H,1-12H2,(H,19,21)(H,20,22). The highest BCUT2D eigenvalue weighted by Gasteiger charge is 2.32. The Bertz CT molecular complexity index is 586. The number of hydrogen-bond acceptors (Lipinski definition) is 4. The quantitative estimate of drug-likeness (QED) is 0.749. The van der Waals surface area contributed by atoms with Crippen molar-refractivity contribution >= 4 is 21.8 Å². The molecule has 3 saturated carbocycles. The molecule has 0 unspecified atom stereocenters. The van der Waals surface area contributed by atoms with E-state index in [1.807, 2.05) is 0 Å². The van der Waals surface area contributed by atoms with E-state index in [1.165, 1.54) is 0 Å². The van der Waals surface area contributed by atoms with Crippen molar-refractivity contribution < 1.29 is 18.0 Å². The van der Waals surface area contributed by atoms with Gasteiger partial charge in [0, 0.05) is 17.9 Å². The molecule has 0 bridgehead atoms. The molecule has 0 aliphatic heterocycles. The number of carbonyl (C=O) groups is 2. The van der Waals surface area contributed by atoms with Gasteiger partial charge >= 0.3 is 0 Å². The maximum absolute atomic E-state index is 12.3. The van der Waals surface area contributed by atoms with E-state index < -0.39 is 10.0 Å². The Morgan fingerprint density at radius 1 is 0.760 bits per heavy atom. The Morgan fingerprint density at radius 3 is 1.92 bits per heavy atom. The van der Waals surface area contributed by atoms with Crippen molar-refractivity contribution in [2.75, 3.05) is 5.75 Å². The minimum absolute atomic E-state index is 0.0749. The van der Waals surface area contributed by atoms with Crippen LogP contribution in [0.3, 0.4) is 0 Å². The molecule has 6 nitrogen and oxygen atoms in total. The van der Waals surface area contributed by atoms with Gasteiger partial charge in [-0.3, -0.25) is 14.3 Å². The summed E-state index contributed by atoms with van der Waals surface area (Å²) in [5.41, 5.74) is 0. The third-order valence-corrected chi connectivity index (χ3v) is 7.53. The zero-order chi connectivity index (χ0) is 17.9. The van der Waals surface area contributed by atoms with Crippen molar-refractivity contribution in [3.05, 3.63) is 0 Å². The fourth-order valence-electron chi connectivity index (χ4n) is 4.26. The molecule has 0 atom stereocenters. The number of rotatable bonds is 6. The zero-order valence-corrected chi connectivity index (χ0v) is 15.7. The van der Waals surface area contributed by atoms with Crippen molar-refractivity contribution in [3.63, 3.8) is 0 Å². The Hall–Kier alpha value is -1.11. The highest BCUT2D eigenvalue weighted by molar-refractivity contribution is 7.90. The van der Waals surface area contributed by atoms with Gasteiger partial charge in [-0.05, 0) is 57.3 Å². The Kier molecular flexibility index (Phi) is 6.02. The fourth-order valence-corrected chi connectivity index (χ4v) is 5.77. The van der Waals surface area contributed by atoms with Gasteiger partial charge in [0.1, 0.15) is 0 Å². The van der Waals surface area contributed by atoms with Gasteiger partial charge in [0.15, 0.2) is 0 Å². The van der Waals surface area contributed by atoms with Gasteiger partial charge in [-0.1, -0.05) is 19.3 Å². The molecule has 2 amide bonds. The van der Waals surface area contributed by atoms with E-state index in [-0.39, 0.29) is 41.4 Å². The van der Waals surface area contributed by atoms with Crippen molar-refractivity contribution in [1.82, 2.24) is 10.0 Å². The van der Waals surface area contributed by atoms with Crippen LogP contribution >= 0.6 is 0 Å². The van der Waals surface area contributed by atoms with Gasteiger partial charge in [0.25, 0.3) is 0 Å². The lowest BCUT2D eigenvalue weighted by molar-refractivity contribution is -0.126. The second-order valence-electron chi connectivity index (χ2n) is 8.08. The molecular formula is C18H30N2O4S. The molecule has 3 rings (SSSR count). The van der Waals surface area contributed by atoms with E-state index in [9.17, 15) is 18.0 Å². The van der Waals surface area contributed by atoms with Gasteiger partial charge in [0.2, 0.25) is 21.8 Å². The topological polar surface area (TPSA) is 92.3 Å². The van der Waals surface area contributed by atoms with Crippen molar-refractivity contribution in [2.45, 2.75) is 76.7 Å².